The highest BCUT2D eigenvalue weighted by atomic mass is 16.4. The predicted octanol–water partition coefficient (Wildman–Crippen LogP) is 1.20. The van der Waals surface area contributed by atoms with E-state index in [4.69, 9.17) is 5.73 Å². The maximum Gasteiger partial charge on any atom is 0.326 e. The number of hydrogen-bond donors (Lipinski definition) is 6. The molecule has 0 aliphatic carbocycles. The molecule has 14 heteroatoms. The van der Waals surface area contributed by atoms with Crippen molar-refractivity contribution in [3.63, 3.8) is 0 Å². The summed E-state index contributed by atoms with van der Waals surface area (Å²) in [5, 5.41) is 27.4. The second kappa shape index (κ2) is 18.9. The summed E-state index contributed by atoms with van der Waals surface area (Å²) in [5.41, 5.74) is 7.61. The molecule has 14 nitrogen and oxygen atoms in total. The molecule has 2 aromatic rings. The molecule has 0 radical (unpaired) electrons. The molecule has 1 fully saturated rings. The molecular formula is C37H52N6O8. The Morgan fingerprint density at radius 1 is 0.863 bits per heavy atom. The molecule has 1 saturated heterocycles. The van der Waals surface area contributed by atoms with Crippen LogP contribution in [0.25, 0.3) is 0 Å². The fraction of sp³-hybridized carbons (Fsp3) is 0.514. The number of phenols is 1. The van der Waals surface area contributed by atoms with E-state index in [0.29, 0.717) is 12.8 Å². The number of likely N-dealkylation sites (tertiary alicyclic amines) is 1. The number of benzene rings is 2. The second-order valence-electron chi connectivity index (χ2n) is 13.9. The first-order valence-electron chi connectivity index (χ1n) is 17.3. The van der Waals surface area contributed by atoms with E-state index in [1.165, 1.54) is 24.1 Å². The van der Waals surface area contributed by atoms with Crippen LogP contribution in [0.1, 0.15) is 58.1 Å². The van der Waals surface area contributed by atoms with Gasteiger partial charge in [-0.2, -0.15) is 0 Å². The number of phenolic OH excluding ortho intramolecular Hbond substituents is 1. The molecule has 1 aliphatic rings. The van der Waals surface area contributed by atoms with Crippen LogP contribution in [-0.2, 0) is 41.6 Å². The van der Waals surface area contributed by atoms with Crippen molar-refractivity contribution in [1.82, 2.24) is 25.8 Å². The van der Waals surface area contributed by atoms with Crippen molar-refractivity contribution < 1.29 is 39.0 Å². The number of carboxylic acids is 1. The largest absolute Gasteiger partial charge is 0.508 e. The molecule has 7 N–H and O–H groups in total. The van der Waals surface area contributed by atoms with Crippen molar-refractivity contribution in [3.05, 3.63) is 65.7 Å². The topological polar surface area (TPSA) is 211 Å². The van der Waals surface area contributed by atoms with Gasteiger partial charge in [0.05, 0.1) is 12.6 Å². The molecule has 51 heavy (non-hydrogen) atoms. The van der Waals surface area contributed by atoms with Gasteiger partial charge in [0.1, 0.15) is 29.9 Å². The van der Waals surface area contributed by atoms with Crippen molar-refractivity contribution in [3.8, 4) is 5.75 Å². The molecular weight excluding hydrogens is 656 g/mol. The van der Waals surface area contributed by atoms with Gasteiger partial charge in [-0.25, -0.2) is 4.79 Å². The van der Waals surface area contributed by atoms with Crippen LogP contribution in [0, 0.1) is 11.8 Å². The highest BCUT2D eigenvalue weighted by Crippen LogP contribution is 2.20. The van der Waals surface area contributed by atoms with Crippen LogP contribution in [0.5, 0.6) is 5.75 Å². The summed E-state index contributed by atoms with van der Waals surface area (Å²) in [6.45, 7) is 7.08. The van der Waals surface area contributed by atoms with Crippen LogP contribution in [0.4, 0.5) is 0 Å². The van der Waals surface area contributed by atoms with Gasteiger partial charge in [0.25, 0.3) is 0 Å². The molecule has 2 aromatic carbocycles. The van der Waals surface area contributed by atoms with Crippen molar-refractivity contribution >= 4 is 35.5 Å². The third-order valence-electron chi connectivity index (χ3n) is 8.79. The molecule has 3 rings (SSSR count). The van der Waals surface area contributed by atoms with E-state index in [9.17, 15) is 39.0 Å². The fourth-order valence-electron chi connectivity index (χ4n) is 6.04. The molecule has 0 saturated carbocycles. The normalized spacial score (nSPS) is 16.5. The number of aliphatic carboxylic acids is 1. The summed E-state index contributed by atoms with van der Waals surface area (Å²) in [6, 6.07) is 10.2. The number of nitrogens with two attached hydrogens (primary N) is 1. The lowest BCUT2D eigenvalue weighted by molar-refractivity contribution is -0.149. The second-order valence-corrected chi connectivity index (χ2v) is 13.9. The quantitative estimate of drug-likeness (QED) is 0.139. The van der Waals surface area contributed by atoms with Gasteiger partial charge in [0.2, 0.25) is 29.5 Å². The zero-order chi connectivity index (χ0) is 37.8. The lowest BCUT2D eigenvalue weighted by atomic mass is 10.00. The SMILES string of the molecule is CC(C)C[C@H](NC(=O)CN(C)C(=O)[C@@H](NC(=O)[C@@H](N)Cc1ccc(O)cc1)C(C)C)C(=O)N[C@@H](Cc1ccccc1)C(=O)N1CCC[C@H]1C(=O)O. The number of aromatic hydroxyl groups is 1. The van der Waals surface area contributed by atoms with E-state index in [2.05, 4.69) is 16.0 Å². The average Bonchev–Trinajstić information content (AvgIpc) is 3.57. The third kappa shape index (κ3) is 12.1. The third-order valence-corrected chi connectivity index (χ3v) is 8.79. The average molecular weight is 709 g/mol. The number of nitrogens with zero attached hydrogens (tertiary/aromatic N) is 2. The molecule has 1 heterocycles. The molecule has 0 spiro atoms. The lowest BCUT2D eigenvalue weighted by Crippen LogP contribution is -2.58. The summed E-state index contributed by atoms with van der Waals surface area (Å²) in [4.78, 5) is 81.4. The van der Waals surface area contributed by atoms with E-state index in [1.54, 1.807) is 38.1 Å². The number of hydrogen-bond acceptors (Lipinski definition) is 8. The molecule has 0 unspecified atom stereocenters. The number of carbonyl (C=O) groups is 6. The van der Waals surface area contributed by atoms with E-state index >= 15 is 0 Å². The van der Waals surface area contributed by atoms with Crippen molar-refractivity contribution in [2.75, 3.05) is 20.1 Å². The summed E-state index contributed by atoms with van der Waals surface area (Å²) in [7, 11) is 1.42. The molecule has 1 aliphatic heterocycles. The Labute approximate surface area is 299 Å². The van der Waals surface area contributed by atoms with Crippen molar-refractivity contribution in [2.24, 2.45) is 17.6 Å². The Hall–Kier alpha value is -4.98. The van der Waals surface area contributed by atoms with Crippen molar-refractivity contribution in [1.29, 1.82) is 0 Å². The van der Waals surface area contributed by atoms with E-state index in [-0.39, 0.29) is 43.4 Å². The van der Waals surface area contributed by atoms with Gasteiger partial charge in [0, 0.05) is 20.0 Å². The minimum absolute atomic E-state index is 0.0371. The Morgan fingerprint density at radius 2 is 1.49 bits per heavy atom. The van der Waals surface area contributed by atoms with E-state index in [1.807, 2.05) is 32.0 Å². The summed E-state index contributed by atoms with van der Waals surface area (Å²) < 4.78 is 0. The smallest absolute Gasteiger partial charge is 0.326 e. The Morgan fingerprint density at radius 3 is 2.08 bits per heavy atom. The maximum absolute atomic E-state index is 13.7. The van der Waals surface area contributed by atoms with Gasteiger partial charge in [-0.3, -0.25) is 24.0 Å². The Kier molecular flexibility index (Phi) is 15.0. The summed E-state index contributed by atoms with van der Waals surface area (Å²) >= 11 is 0. The molecule has 5 amide bonds. The maximum atomic E-state index is 13.7. The predicted molar refractivity (Wildman–Crippen MR) is 190 cm³/mol. The van der Waals surface area contributed by atoms with Gasteiger partial charge in [-0.05, 0) is 60.8 Å². The first kappa shape index (κ1) is 40.4. The van der Waals surface area contributed by atoms with Gasteiger partial charge < -0.3 is 41.7 Å². The number of likely N-dealkylation sites (N-methyl/N-ethyl adjacent to an activating group) is 1. The van der Waals surface area contributed by atoms with Gasteiger partial charge in [0.15, 0.2) is 0 Å². The Bertz CT molecular complexity index is 1520. The number of amides is 5. The monoisotopic (exact) mass is 708 g/mol. The number of carbonyl (C=O) groups excluding carboxylic acids is 5. The lowest BCUT2D eigenvalue weighted by Gasteiger charge is -2.30. The summed E-state index contributed by atoms with van der Waals surface area (Å²) in [5.74, 6) is -4.23. The minimum Gasteiger partial charge on any atom is -0.508 e. The minimum atomic E-state index is -1.11. The Balaban J connectivity index is 1.68. The van der Waals surface area contributed by atoms with E-state index in [0.717, 1.165) is 16.0 Å². The van der Waals surface area contributed by atoms with Gasteiger partial charge >= 0.3 is 5.97 Å². The molecule has 0 bridgehead atoms. The van der Waals surface area contributed by atoms with Crippen LogP contribution in [-0.4, -0.2) is 106 Å². The van der Waals surface area contributed by atoms with Gasteiger partial charge in [-0.15, -0.1) is 0 Å². The van der Waals surface area contributed by atoms with Crippen LogP contribution < -0.4 is 21.7 Å². The molecule has 0 aromatic heterocycles. The first-order valence-corrected chi connectivity index (χ1v) is 17.3. The summed E-state index contributed by atoms with van der Waals surface area (Å²) in [6.07, 6.45) is 1.38. The van der Waals surface area contributed by atoms with Crippen LogP contribution in [0.2, 0.25) is 0 Å². The van der Waals surface area contributed by atoms with Crippen molar-refractivity contribution in [2.45, 2.75) is 90.0 Å². The van der Waals surface area contributed by atoms with Crippen LogP contribution in [0.3, 0.4) is 0 Å². The number of carboxylic acid groups (broad SMARTS) is 1. The highest BCUT2D eigenvalue weighted by molar-refractivity contribution is 5.95. The molecule has 5 atom stereocenters. The van der Waals surface area contributed by atoms with Crippen LogP contribution >= 0.6 is 0 Å². The number of nitrogens with one attached hydrogen (secondary N) is 3. The van der Waals surface area contributed by atoms with Crippen LogP contribution in [0.15, 0.2) is 54.6 Å². The first-order chi connectivity index (χ1) is 24.1. The molecule has 278 valence electrons. The van der Waals surface area contributed by atoms with Gasteiger partial charge in [-0.1, -0.05) is 70.2 Å². The number of rotatable bonds is 17. The zero-order valence-corrected chi connectivity index (χ0v) is 30.0. The zero-order valence-electron chi connectivity index (χ0n) is 30.0. The fourth-order valence-corrected chi connectivity index (χ4v) is 6.04. The highest BCUT2D eigenvalue weighted by Gasteiger charge is 2.38. The van der Waals surface area contributed by atoms with E-state index < -0.39 is 72.3 Å². The standard InChI is InChI=1S/C37H52N6O8/c1-22(2)18-28(34(47)40-29(20-24-10-7-6-8-11-24)35(48)43-17-9-12-30(43)37(50)51)39-31(45)21-42(5)36(49)32(23(3)4)41-33(46)27(38)19-25-13-15-26(44)16-14-25/h6-8,10-11,13-16,22-23,27-30,32,44H,9,12,17-21,38H2,1-5H3,(H,39,45)(H,40,47)(H,41,46)(H,50,51)/t27-,28-,29-,30-,32-/m0/s1.